The number of hydrogen-bond acceptors (Lipinski definition) is 1. The van der Waals surface area contributed by atoms with E-state index < -0.39 is 8.32 Å². The van der Waals surface area contributed by atoms with Gasteiger partial charge in [0.2, 0.25) is 8.32 Å². The van der Waals surface area contributed by atoms with E-state index in [1.165, 1.54) is 35.8 Å². The molecule has 0 aromatic heterocycles. The number of allylic oxidation sites excluding steroid dienone is 1. The Morgan fingerprint density at radius 3 is 2.76 bits per heavy atom. The van der Waals surface area contributed by atoms with Crippen LogP contribution in [0.1, 0.15) is 24.5 Å². The molecule has 0 saturated carbocycles. The van der Waals surface area contributed by atoms with Gasteiger partial charge in [0.15, 0.2) is 0 Å². The van der Waals surface area contributed by atoms with Gasteiger partial charge in [0.05, 0.1) is 0 Å². The molecule has 0 spiro atoms. The Morgan fingerprint density at radius 2 is 1.94 bits per heavy atom. The molecule has 1 aliphatic carbocycles. The number of hydrogen-bond donors (Lipinski definition) is 0. The van der Waals surface area contributed by atoms with Crippen molar-refractivity contribution in [1.82, 2.24) is 0 Å². The van der Waals surface area contributed by atoms with Crippen molar-refractivity contribution in [1.29, 1.82) is 0 Å². The number of fused-ring (bicyclic) bond motifs is 2. The van der Waals surface area contributed by atoms with Gasteiger partial charge in [-0.1, -0.05) is 31.2 Å². The van der Waals surface area contributed by atoms with E-state index in [0.717, 1.165) is 0 Å². The molecule has 3 rings (SSSR count). The second kappa shape index (κ2) is 3.74. The summed E-state index contributed by atoms with van der Waals surface area (Å²) >= 11 is 0. The Bertz CT molecular complexity index is 487. The van der Waals surface area contributed by atoms with E-state index in [2.05, 4.69) is 44.3 Å². The summed E-state index contributed by atoms with van der Waals surface area (Å²) < 4.78 is 6.39. The summed E-state index contributed by atoms with van der Waals surface area (Å²) in [6.45, 7) is 7.05. The molecule has 0 N–H and O–H groups in total. The van der Waals surface area contributed by atoms with E-state index in [1.54, 1.807) is 5.57 Å². The van der Waals surface area contributed by atoms with Crippen LogP contribution in [0.3, 0.4) is 0 Å². The van der Waals surface area contributed by atoms with Crippen LogP contribution in [0.5, 0.6) is 0 Å². The van der Waals surface area contributed by atoms with Crippen LogP contribution in [0.15, 0.2) is 29.8 Å². The van der Waals surface area contributed by atoms with Gasteiger partial charge in [-0.3, -0.25) is 0 Å². The first-order valence-electron chi connectivity index (χ1n) is 6.57. The van der Waals surface area contributed by atoms with Crippen molar-refractivity contribution in [3.05, 3.63) is 41.0 Å². The van der Waals surface area contributed by atoms with E-state index in [1.807, 2.05) is 0 Å². The van der Waals surface area contributed by atoms with E-state index in [9.17, 15) is 0 Å². The predicted octanol–water partition coefficient (Wildman–Crippen LogP) is 4.22. The van der Waals surface area contributed by atoms with Crippen LogP contribution in [-0.2, 0) is 10.8 Å². The van der Waals surface area contributed by atoms with Crippen molar-refractivity contribution >= 4 is 14.1 Å². The lowest BCUT2D eigenvalue weighted by Crippen LogP contribution is -2.37. The largest absolute Gasteiger partial charge is 0.544 e. The van der Waals surface area contributed by atoms with E-state index in [4.69, 9.17) is 4.43 Å². The molecule has 0 fully saturated rings. The first-order valence-corrected chi connectivity index (χ1v) is 9.69. The fourth-order valence-electron chi connectivity index (χ4n) is 3.28. The molecule has 1 nitrogen and oxygen atoms in total. The summed E-state index contributed by atoms with van der Waals surface area (Å²) in [5, 5.41) is 0. The molecular formula is C15H20OSi. The molecule has 2 heteroatoms. The highest BCUT2D eigenvalue weighted by atomic mass is 28.4. The quantitative estimate of drug-likeness (QED) is 0.621. The Morgan fingerprint density at radius 1 is 1.18 bits per heavy atom. The average Bonchev–Trinajstić information content (AvgIpc) is 2.27. The minimum atomic E-state index is -1.49. The SMILES string of the molecule is CC1C[Si](C)(C)OC2=C1CCc1ccccc12. The molecule has 0 amide bonds. The maximum Gasteiger partial charge on any atom is 0.245 e. The lowest BCUT2D eigenvalue weighted by molar-refractivity contribution is 0.445. The second-order valence-corrected chi connectivity index (χ2v) is 10.1. The third kappa shape index (κ3) is 1.84. The summed E-state index contributed by atoms with van der Waals surface area (Å²) in [5.74, 6) is 1.95. The minimum Gasteiger partial charge on any atom is -0.544 e. The number of aryl methyl sites for hydroxylation is 1. The first kappa shape index (κ1) is 11.1. The fraction of sp³-hybridized carbons (Fsp3) is 0.467. The zero-order valence-corrected chi connectivity index (χ0v) is 11.9. The van der Waals surface area contributed by atoms with Crippen molar-refractivity contribution in [2.45, 2.75) is 38.9 Å². The molecule has 0 saturated heterocycles. The monoisotopic (exact) mass is 244 g/mol. The maximum atomic E-state index is 6.39. The van der Waals surface area contributed by atoms with Crippen LogP contribution in [0, 0.1) is 5.92 Å². The van der Waals surface area contributed by atoms with Gasteiger partial charge >= 0.3 is 0 Å². The van der Waals surface area contributed by atoms with E-state index >= 15 is 0 Å². The van der Waals surface area contributed by atoms with Crippen LogP contribution in [0.4, 0.5) is 0 Å². The van der Waals surface area contributed by atoms with Gasteiger partial charge in [0.25, 0.3) is 0 Å². The Hall–Kier alpha value is -1.02. The molecule has 1 aromatic carbocycles. The second-order valence-electron chi connectivity index (χ2n) is 5.98. The Labute approximate surface area is 105 Å². The van der Waals surface area contributed by atoms with Crippen LogP contribution in [0.2, 0.25) is 19.1 Å². The maximum absolute atomic E-state index is 6.39. The zero-order valence-electron chi connectivity index (χ0n) is 10.9. The van der Waals surface area contributed by atoms with Crippen molar-refractivity contribution in [2.75, 3.05) is 0 Å². The zero-order chi connectivity index (χ0) is 12.0. The van der Waals surface area contributed by atoms with Crippen LogP contribution < -0.4 is 0 Å². The third-order valence-corrected chi connectivity index (χ3v) is 6.34. The van der Waals surface area contributed by atoms with Crippen LogP contribution in [-0.4, -0.2) is 8.32 Å². The Balaban J connectivity index is 2.13. The summed E-state index contributed by atoms with van der Waals surface area (Å²) in [6, 6.07) is 10.0. The lowest BCUT2D eigenvalue weighted by atomic mass is 9.85. The van der Waals surface area contributed by atoms with Gasteiger partial charge in [0.1, 0.15) is 5.76 Å². The van der Waals surface area contributed by atoms with Gasteiger partial charge in [-0.25, -0.2) is 0 Å². The molecular weight excluding hydrogens is 224 g/mol. The molecule has 1 aromatic rings. The van der Waals surface area contributed by atoms with Crippen LogP contribution >= 0.6 is 0 Å². The average molecular weight is 244 g/mol. The summed E-state index contributed by atoms with van der Waals surface area (Å²) in [5.41, 5.74) is 4.39. The summed E-state index contributed by atoms with van der Waals surface area (Å²) in [6.07, 6.45) is 2.38. The molecule has 1 aliphatic heterocycles. The van der Waals surface area contributed by atoms with Gasteiger partial charge < -0.3 is 4.43 Å². The third-order valence-electron chi connectivity index (χ3n) is 3.99. The molecule has 1 atom stereocenters. The van der Waals surface area contributed by atoms with Gasteiger partial charge in [-0.05, 0) is 49.0 Å². The number of benzene rings is 1. The summed E-state index contributed by atoms with van der Waals surface area (Å²) in [7, 11) is -1.49. The topological polar surface area (TPSA) is 9.23 Å². The van der Waals surface area contributed by atoms with Gasteiger partial charge in [0, 0.05) is 5.56 Å². The van der Waals surface area contributed by atoms with Crippen molar-refractivity contribution in [2.24, 2.45) is 5.92 Å². The molecule has 90 valence electrons. The molecule has 17 heavy (non-hydrogen) atoms. The van der Waals surface area contributed by atoms with Gasteiger partial charge in [-0.2, -0.15) is 0 Å². The van der Waals surface area contributed by atoms with E-state index in [-0.39, 0.29) is 0 Å². The van der Waals surface area contributed by atoms with E-state index in [0.29, 0.717) is 5.92 Å². The molecule has 0 radical (unpaired) electrons. The first-order chi connectivity index (χ1) is 8.07. The highest BCUT2D eigenvalue weighted by Gasteiger charge is 2.37. The van der Waals surface area contributed by atoms with Crippen molar-refractivity contribution in [3.63, 3.8) is 0 Å². The van der Waals surface area contributed by atoms with Crippen LogP contribution in [0.25, 0.3) is 5.76 Å². The lowest BCUT2D eigenvalue weighted by Gasteiger charge is -2.39. The van der Waals surface area contributed by atoms with Gasteiger partial charge in [-0.15, -0.1) is 0 Å². The smallest absolute Gasteiger partial charge is 0.245 e. The minimum absolute atomic E-state index is 0.716. The fourth-order valence-corrected chi connectivity index (χ4v) is 5.88. The molecule has 2 aliphatic rings. The highest BCUT2D eigenvalue weighted by Crippen LogP contribution is 2.44. The van der Waals surface area contributed by atoms with Crippen molar-refractivity contribution in [3.8, 4) is 0 Å². The Kier molecular flexibility index (Phi) is 2.44. The normalized spacial score (nSPS) is 25.9. The predicted molar refractivity (Wildman–Crippen MR) is 74.2 cm³/mol. The molecule has 1 unspecified atom stereocenters. The number of rotatable bonds is 0. The molecule has 0 bridgehead atoms. The molecule has 1 heterocycles. The van der Waals surface area contributed by atoms with Crippen molar-refractivity contribution < 1.29 is 4.43 Å². The standard InChI is InChI=1S/C15H20OSi/c1-11-10-17(2,3)16-15-13(11)9-8-12-6-4-5-7-14(12)15/h4-7,11H,8-10H2,1-3H3. The highest BCUT2D eigenvalue weighted by molar-refractivity contribution is 6.72. The summed E-state index contributed by atoms with van der Waals surface area (Å²) in [4.78, 5) is 0.